The molecule has 0 atom stereocenters. The van der Waals surface area contributed by atoms with Gasteiger partial charge in [0.2, 0.25) is 0 Å². The first kappa shape index (κ1) is 19.3. The Kier molecular flexibility index (Phi) is 7.16. The number of nitrogens with one attached hydrogen (secondary N) is 1. The smallest absolute Gasteiger partial charge is 0.0975 e. The molecule has 27 heavy (non-hydrogen) atoms. The lowest BCUT2D eigenvalue weighted by atomic mass is 10.0. The van der Waals surface area contributed by atoms with E-state index in [-0.39, 0.29) is 0 Å². The van der Waals surface area contributed by atoms with Gasteiger partial charge < -0.3 is 14.8 Å². The molecule has 0 radical (unpaired) electrons. The topological polar surface area (TPSA) is 48.3 Å². The molecule has 5 nitrogen and oxygen atoms in total. The van der Waals surface area contributed by atoms with Crippen molar-refractivity contribution in [3.05, 3.63) is 71.9 Å². The average molecular weight is 365 g/mol. The first-order chi connectivity index (χ1) is 13.3. The molecule has 0 spiro atoms. The van der Waals surface area contributed by atoms with E-state index in [0.29, 0.717) is 19.8 Å². The molecule has 0 fully saturated rings. The summed E-state index contributed by atoms with van der Waals surface area (Å²) in [6.07, 6.45) is 2.11. The van der Waals surface area contributed by atoms with Gasteiger partial charge in [0.25, 0.3) is 0 Å². The fraction of sp³-hybridized carbons (Fsp3) is 0.318. The summed E-state index contributed by atoms with van der Waals surface area (Å²) in [7, 11) is 1.68. The van der Waals surface area contributed by atoms with Crippen molar-refractivity contribution in [1.29, 1.82) is 0 Å². The van der Waals surface area contributed by atoms with Crippen molar-refractivity contribution in [3.8, 4) is 16.9 Å². The third-order valence-corrected chi connectivity index (χ3v) is 4.38. The van der Waals surface area contributed by atoms with Crippen molar-refractivity contribution in [3.63, 3.8) is 0 Å². The molecule has 0 unspecified atom stereocenters. The maximum atomic E-state index is 5.51. The van der Waals surface area contributed by atoms with Crippen molar-refractivity contribution >= 4 is 0 Å². The maximum Gasteiger partial charge on any atom is 0.0975 e. The summed E-state index contributed by atoms with van der Waals surface area (Å²) in [5, 5.41) is 8.33. The van der Waals surface area contributed by atoms with Crippen LogP contribution in [0, 0.1) is 6.92 Å². The molecule has 0 bridgehead atoms. The minimum Gasteiger partial charge on any atom is -0.382 e. The van der Waals surface area contributed by atoms with Gasteiger partial charge >= 0.3 is 0 Å². The van der Waals surface area contributed by atoms with Crippen molar-refractivity contribution in [2.24, 2.45) is 0 Å². The van der Waals surface area contributed by atoms with Gasteiger partial charge in [0, 0.05) is 37.5 Å². The Hall–Kier alpha value is -2.47. The van der Waals surface area contributed by atoms with E-state index in [0.717, 1.165) is 24.5 Å². The summed E-state index contributed by atoms with van der Waals surface area (Å²) in [5.74, 6) is 0. The number of aromatic nitrogens is 2. The second-order valence-corrected chi connectivity index (χ2v) is 6.38. The molecule has 0 aliphatic rings. The van der Waals surface area contributed by atoms with Crippen LogP contribution >= 0.6 is 0 Å². The molecule has 0 saturated carbocycles. The largest absolute Gasteiger partial charge is 0.382 e. The minimum absolute atomic E-state index is 0.624. The molecule has 3 aromatic rings. The maximum absolute atomic E-state index is 5.51. The zero-order valence-electron chi connectivity index (χ0n) is 16.0. The monoisotopic (exact) mass is 365 g/mol. The highest BCUT2D eigenvalue weighted by Gasteiger charge is 2.13. The van der Waals surface area contributed by atoms with Crippen LogP contribution in [0.5, 0.6) is 0 Å². The zero-order chi connectivity index (χ0) is 18.9. The predicted octanol–water partition coefficient (Wildman–Crippen LogP) is 3.60. The van der Waals surface area contributed by atoms with Gasteiger partial charge in [-0.3, -0.25) is 0 Å². The van der Waals surface area contributed by atoms with Crippen LogP contribution in [0.4, 0.5) is 0 Å². The molecule has 1 N–H and O–H groups in total. The Morgan fingerprint density at radius 2 is 1.74 bits per heavy atom. The molecule has 1 heterocycles. The highest BCUT2D eigenvalue weighted by molar-refractivity contribution is 5.66. The number of nitrogens with zero attached hydrogens (tertiary/aromatic N) is 2. The molecular weight excluding hydrogens is 338 g/mol. The number of rotatable bonds is 10. The first-order valence-corrected chi connectivity index (χ1v) is 9.27. The van der Waals surface area contributed by atoms with Crippen molar-refractivity contribution in [2.45, 2.75) is 13.5 Å². The van der Waals surface area contributed by atoms with Crippen LogP contribution < -0.4 is 5.32 Å². The zero-order valence-corrected chi connectivity index (χ0v) is 16.0. The van der Waals surface area contributed by atoms with E-state index in [1.54, 1.807) is 7.11 Å². The first-order valence-electron chi connectivity index (χ1n) is 9.27. The van der Waals surface area contributed by atoms with Crippen LogP contribution in [0.2, 0.25) is 0 Å². The van der Waals surface area contributed by atoms with E-state index < -0.39 is 0 Å². The van der Waals surface area contributed by atoms with Crippen molar-refractivity contribution < 1.29 is 9.47 Å². The molecule has 3 rings (SSSR count). The van der Waals surface area contributed by atoms with Crippen LogP contribution in [-0.4, -0.2) is 43.3 Å². The van der Waals surface area contributed by atoms with Crippen LogP contribution in [-0.2, 0) is 16.0 Å². The lowest BCUT2D eigenvalue weighted by Gasteiger charge is -2.07. The number of hydrogen-bond acceptors (Lipinski definition) is 4. The number of para-hydroxylation sites is 1. The summed E-state index contributed by atoms with van der Waals surface area (Å²) in [6.45, 7) is 5.56. The molecular formula is C22H27N3O2. The Labute approximate surface area is 160 Å². The number of benzene rings is 2. The van der Waals surface area contributed by atoms with Gasteiger partial charge in [-0.2, -0.15) is 5.10 Å². The van der Waals surface area contributed by atoms with Crippen LogP contribution in [0.15, 0.2) is 60.8 Å². The van der Waals surface area contributed by atoms with Gasteiger partial charge in [0.15, 0.2) is 0 Å². The Bertz CT molecular complexity index is 831. The fourth-order valence-electron chi connectivity index (χ4n) is 2.93. The van der Waals surface area contributed by atoms with E-state index in [2.05, 4.69) is 54.8 Å². The normalized spacial score (nSPS) is 11.0. The molecule has 1 aromatic heterocycles. The van der Waals surface area contributed by atoms with Crippen LogP contribution in [0.3, 0.4) is 0 Å². The number of aryl methyl sites for hydroxylation is 1. The third kappa shape index (κ3) is 5.26. The summed E-state index contributed by atoms with van der Waals surface area (Å²) in [5.41, 5.74) is 5.64. The number of methoxy groups -OCH3 is 1. The Balaban J connectivity index is 1.75. The van der Waals surface area contributed by atoms with Crippen LogP contribution in [0.25, 0.3) is 16.9 Å². The third-order valence-electron chi connectivity index (χ3n) is 4.38. The SMILES string of the molecule is COCCOCCNCc1cn(-c2ccccc2)nc1-c1ccccc1C. The van der Waals surface area contributed by atoms with E-state index in [9.17, 15) is 0 Å². The molecule has 5 heteroatoms. The predicted molar refractivity (Wildman–Crippen MR) is 108 cm³/mol. The van der Waals surface area contributed by atoms with Gasteiger partial charge in [-0.15, -0.1) is 0 Å². The summed E-state index contributed by atoms with van der Waals surface area (Å²) < 4.78 is 12.4. The molecule has 142 valence electrons. The van der Waals surface area contributed by atoms with Gasteiger partial charge in [-0.25, -0.2) is 4.68 Å². The molecule has 0 aliphatic carbocycles. The highest BCUT2D eigenvalue weighted by Crippen LogP contribution is 2.26. The average Bonchev–Trinajstić information content (AvgIpc) is 3.12. The standard InChI is InChI=1S/C22H27N3O2/c1-18-8-6-7-11-21(18)22-19(16-23-12-13-27-15-14-26-2)17-25(24-22)20-9-4-3-5-10-20/h3-11,17,23H,12-16H2,1-2H3. The van der Waals surface area contributed by atoms with E-state index in [1.165, 1.54) is 16.7 Å². The Morgan fingerprint density at radius 3 is 2.52 bits per heavy atom. The summed E-state index contributed by atoms with van der Waals surface area (Å²) in [6, 6.07) is 18.6. The highest BCUT2D eigenvalue weighted by atomic mass is 16.5. The quantitative estimate of drug-likeness (QED) is 0.558. The Morgan fingerprint density at radius 1 is 0.963 bits per heavy atom. The fourth-order valence-corrected chi connectivity index (χ4v) is 2.93. The van der Waals surface area contributed by atoms with Gasteiger partial charge in [0.05, 0.1) is 31.2 Å². The van der Waals surface area contributed by atoms with Gasteiger partial charge in [-0.1, -0.05) is 42.5 Å². The van der Waals surface area contributed by atoms with E-state index in [4.69, 9.17) is 14.6 Å². The molecule has 2 aromatic carbocycles. The van der Waals surface area contributed by atoms with Gasteiger partial charge in [0.1, 0.15) is 0 Å². The second-order valence-electron chi connectivity index (χ2n) is 6.38. The lowest BCUT2D eigenvalue weighted by molar-refractivity contribution is 0.0719. The minimum atomic E-state index is 0.624. The second kappa shape index (κ2) is 10.0. The van der Waals surface area contributed by atoms with Crippen molar-refractivity contribution in [2.75, 3.05) is 33.5 Å². The number of ether oxygens (including phenoxy) is 2. The molecule has 0 aliphatic heterocycles. The molecule has 0 saturated heterocycles. The lowest BCUT2D eigenvalue weighted by Crippen LogP contribution is -2.20. The summed E-state index contributed by atoms with van der Waals surface area (Å²) in [4.78, 5) is 0. The van der Waals surface area contributed by atoms with Crippen LogP contribution in [0.1, 0.15) is 11.1 Å². The van der Waals surface area contributed by atoms with E-state index in [1.807, 2.05) is 22.9 Å². The van der Waals surface area contributed by atoms with Gasteiger partial charge in [-0.05, 0) is 24.6 Å². The van der Waals surface area contributed by atoms with E-state index >= 15 is 0 Å². The summed E-state index contributed by atoms with van der Waals surface area (Å²) >= 11 is 0. The molecule has 0 amide bonds. The number of hydrogen-bond donors (Lipinski definition) is 1. The van der Waals surface area contributed by atoms with Crippen molar-refractivity contribution in [1.82, 2.24) is 15.1 Å².